The van der Waals surface area contributed by atoms with Crippen LogP contribution in [0.1, 0.15) is 5.56 Å². The lowest BCUT2D eigenvalue weighted by atomic mass is 10.2. The summed E-state index contributed by atoms with van der Waals surface area (Å²) in [6, 6.07) is 8.95. The predicted molar refractivity (Wildman–Crippen MR) is 92.0 cm³/mol. The molecule has 0 amide bonds. The monoisotopic (exact) mass is 371 g/mol. The van der Waals surface area contributed by atoms with E-state index in [4.69, 9.17) is 9.15 Å². The highest BCUT2D eigenvalue weighted by molar-refractivity contribution is 7.99. The van der Waals surface area contributed by atoms with Gasteiger partial charge in [0, 0.05) is 14.1 Å². The first-order chi connectivity index (χ1) is 12.5. The smallest absolute Gasteiger partial charge is 0.331 e. The van der Waals surface area contributed by atoms with Gasteiger partial charge < -0.3 is 9.15 Å². The van der Waals surface area contributed by atoms with Crippen LogP contribution in [0.4, 0.5) is 0 Å². The summed E-state index contributed by atoms with van der Waals surface area (Å²) in [6.45, 7) is 0. The van der Waals surface area contributed by atoms with Gasteiger partial charge in [0.15, 0.2) is 0 Å². The third kappa shape index (κ3) is 2.89. The van der Waals surface area contributed by atoms with Crippen LogP contribution in [0.2, 0.25) is 0 Å². The van der Waals surface area contributed by atoms with Gasteiger partial charge in [-0.2, -0.15) is 5.26 Å². The fourth-order valence-electron chi connectivity index (χ4n) is 2.30. The van der Waals surface area contributed by atoms with Crippen molar-refractivity contribution in [2.45, 2.75) is 10.2 Å². The highest BCUT2D eigenvalue weighted by atomic mass is 32.2. The molecular weight excluding hydrogens is 358 g/mol. The van der Waals surface area contributed by atoms with Gasteiger partial charge in [-0.3, -0.25) is 13.9 Å². The van der Waals surface area contributed by atoms with Crippen molar-refractivity contribution in [1.29, 1.82) is 5.26 Å². The molecule has 0 atom stereocenters. The molecule has 9 nitrogen and oxygen atoms in total. The molecule has 2 aromatic heterocycles. The second-order valence-electron chi connectivity index (χ2n) is 5.17. The Morgan fingerprint density at radius 3 is 2.62 bits per heavy atom. The first kappa shape index (κ1) is 17.5. The van der Waals surface area contributed by atoms with Crippen LogP contribution in [-0.4, -0.2) is 26.4 Å². The molecule has 0 spiro atoms. The number of hydrogen-bond acceptors (Lipinski definition) is 8. The number of nitrogens with zero attached hydrogens (tertiary/aromatic N) is 5. The van der Waals surface area contributed by atoms with Gasteiger partial charge in [0.25, 0.3) is 16.7 Å². The summed E-state index contributed by atoms with van der Waals surface area (Å²) in [4.78, 5) is 24.2. The Morgan fingerprint density at radius 1 is 1.19 bits per heavy atom. The molecule has 0 aliphatic carbocycles. The van der Waals surface area contributed by atoms with Crippen LogP contribution in [0.15, 0.2) is 48.5 Å². The zero-order valence-electron chi connectivity index (χ0n) is 14.1. The highest BCUT2D eigenvalue weighted by Crippen LogP contribution is 2.32. The first-order valence-electron chi connectivity index (χ1n) is 7.32. The molecule has 0 saturated heterocycles. The predicted octanol–water partition coefficient (Wildman–Crippen LogP) is 1.17. The Morgan fingerprint density at radius 2 is 1.92 bits per heavy atom. The van der Waals surface area contributed by atoms with E-state index in [1.807, 2.05) is 12.1 Å². The lowest BCUT2D eigenvalue weighted by Gasteiger charge is -2.08. The maximum atomic E-state index is 12.1. The Hall–Kier alpha value is -3.32. The fraction of sp³-hybridized carbons (Fsp3) is 0.188. The van der Waals surface area contributed by atoms with E-state index in [0.29, 0.717) is 11.3 Å². The highest BCUT2D eigenvalue weighted by Gasteiger charge is 2.20. The Labute approximate surface area is 151 Å². The van der Waals surface area contributed by atoms with E-state index >= 15 is 0 Å². The van der Waals surface area contributed by atoms with Crippen molar-refractivity contribution in [3.05, 3.63) is 50.7 Å². The van der Waals surface area contributed by atoms with Crippen molar-refractivity contribution >= 4 is 11.8 Å². The molecule has 0 fully saturated rings. The molecule has 0 N–H and O–H groups in total. The zero-order chi connectivity index (χ0) is 18.8. The summed E-state index contributed by atoms with van der Waals surface area (Å²) < 4.78 is 12.9. The van der Waals surface area contributed by atoms with Crippen LogP contribution in [0.5, 0.6) is 5.75 Å². The van der Waals surface area contributed by atoms with Crippen LogP contribution < -0.4 is 16.0 Å². The summed E-state index contributed by atoms with van der Waals surface area (Å²) in [5, 5.41) is 17.4. The summed E-state index contributed by atoms with van der Waals surface area (Å²) in [5.41, 5.74) is -0.798. The van der Waals surface area contributed by atoms with Crippen molar-refractivity contribution < 1.29 is 9.15 Å². The molecule has 0 saturated carbocycles. The summed E-state index contributed by atoms with van der Waals surface area (Å²) >= 11 is 0.877. The number of hydrogen-bond donors (Lipinski definition) is 0. The van der Waals surface area contributed by atoms with Crippen molar-refractivity contribution in [2.75, 3.05) is 7.11 Å². The van der Waals surface area contributed by atoms with Crippen molar-refractivity contribution in [3.63, 3.8) is 0 Å². The maximum Gasteiger partial charge on any atom is 0.331 e. The Kier molecular flexibility index (Phi) is 4.64. The molecule has 10 heteroatoms. The van der Waals surface area contributed by atoms with E-state index in [2.05, 4.69) is 10.2 Å². The minimum Gasteiger partial charge on any atom is -0.496 e. The average Bonchev–Trinajstić information content (AvgIpc) is 3.13. The molecule has 2 heterocycles. The van der Waals surface area contributed by atoms with E-state index in [9.17, 15) is 14.9 Å². The van der Waals surface area contributed by atoms with Gasteiger partial charge >= 0.3 is 5.69 Å². The molecule has 0 aliphatic heterocycles. The van der Waals surface area contributed by atoms with Gasteiger partial charge in [-0.1, -0.05) is 12.1 Å². The molecule has 3 rings (SSSR count). The zero-order valence-corrected chi connectivity index (χ0v) is 14.9. The van der Waals surface area contributed by atoms with E-state index < -0.39 is 11.2 Å². The number of aromatic nitrogens is 4. The molecule has 0 unspecified atom stereocenters. The quantitative estimate of drug-likeness (QED) is 0.628. The van der Waals surface area contributed by atoms with Gasteiger partial charge in [0.05, 0.1) is 12.7 Å². The van der Waals surface area contributed by atoms with Crippen molar-refractivity contribution in [2.24, 2.45) is 14.1 Å². The van der Waals surface area contributed by atoms with Crippen molar-refractivity contribution in [1.82, 2.24) is 19.3 Å². The number of benzene rings is 1. The molecule has 132 valence electrons. The second-order valence-corrected chi connectivity index (χ2v) is 6.11. The van der Waals surface area contributed by atoms with Crippen LogP contribution in [0.3, 0.4) is 0 Å². The minimum atomic E-state index is -0.678. The molecular formula is C16H13N5O4S. The van der Waals surface area contributed by atoms with E-state index in [1.165, 1.54) is 25.8 Å². The number of nitriles is 1. The summed E-state index contributed by atoms with van der Waals surface area (Å²) in [7, 11) is 4.30. The van der Waals surface area contributed by atoms with Gasteiger partial charge in [-0.25, -0.2) is 4.79 Å². The van der Waals surface area contributed by atoms with Gasteiger partial charge in [0.1, 0.15) is 22.4 Å². The van der Waals surface area contributed by atoms with Crippen LogP contribution in [-0.2, 0) is 14.1 Å². The largest absolute Gasteiger partial charge is 0.496 e. The molecule has 0 aliphatic rings. The number of rotatable bonds is 4. The lowest BCUT2D eigenvalue weighted by Crippen LogP contribution is -2.39. The fourth-order valence-corrected chi connectivity index (χ4v) is 3.12. The normalized spacial score (nSPS) is 10.5. The standard InChI is InChI=1S/C16H13N5O4S/c1-20-13(22)10(8-17)14(21(2)16(20)23)26-15-19-18-12(25-15)9-6-4-5-7-11(9)24-3/h4-7H,1-3H3. The lowest BCUT2D eigenvalue weighted by molar-refractivity contribution is 0.411. The van der Waals surface area contributed by atoms with Crippen LogP contribution in [0, 0.1) is 11.3 Å². The summed E-state index contributed by atoms with van der Waals surface area (Å²) in [5.74, 6) is 0.781. The molecule has 0 radical (unpaired) electrons. The number of para-hydroxylation sites is 1. The summed E-state index contributed by atoms with van der Waals surface area (Å²) in [6.07, 6.45) is 0. The Balaban J connectivity index is 2.05. The van der Waals surface area contributed by atoms with E-state index in [-0.39, 0.29) is 21.7 Å². The van der Waals surface area contributed by atoms with Gasteiger partial charge in [0.2, 0.25) is 0 Å². The van der Waals surface area contributed by atoms with Crippen molar-refractivity contribution in [3.8, 4) is 23.3 Å². The molecule has 1 aromatic carbocycles. The minimum absolute atomic E-state index is 0.0886. The molecule has 3 aromatic rings. The SMILES string of the molecule is COc1ccccc1-c1nnc(Sc2c(C#N)c(=O)n(C)c(=O)n2C)o1. The van der Waals surface area contributed by atoms with Gasteiger partial charge in [-0.15, -0.1) is 10.2 Å². The Bertz CT molecular complexity index is 1140. The molecule has 0 bridgehead atoms. The maximum absolute atomic E-state index is 12.1. The first-order valence-corrected chi connectivity index (χ1v) is 8.14. The average molecular weight is 371 g/mol. The van der Waals surface area contributed by atoms with Crippen LogP contribution in [0.25, 0.3) is 11.5 Å². The second kappa shape index (κ2) is 6.89. The van der Waals surface area contributed by atoms with Crippen LogP contribution >= 0.6 is 11.8 Å². The third-order valence-electron chi connectivity index (χ3n) is 3.65. The van der Waals surface area contributed by atoms with E-state index in [1.54, 1.807) is 18.2 Å². The van der Waals surface area contributed by atoms with E-state index in [0.717, 1.165) is 16.3 Å². The number of methoxy groups -OCH3 is 1. The molecule has 26 heavy (non-hydrogen) atoms. The topological polar surface area (TPSA) is 116 Å². The van der Waals surface area contributed by atoms with Gasteiger partial charge in [-0.05, 0) is 23.9 Å². The third-order valence-corrected chi connectivity index (χ3v) is 4.66. The number of ether oxygens (including phenoxy) is 1.